The zero-order valence-electron chi connectivity index (χ0n) is 11.4. The summed E-state index contributed by atoms with van der Waals surface area (Å²) in [7, 11) is -3.45. The number of furan rings is 1. The predicted octanol–water partition coefficient (Wildman–Crippen LogP) is 3.14. The molecule has 0 bridgehead atoms. The SMILES string of the molecule is Cc1oc(CCl)cc1S(=O)(=O)N1CCCC(C)CC1. The molecular formula is C13H20ClNO3S. The van der Waals surface area contributed by atoms with E-state index in [2.05, 4.69) is 6.92 Å². The van der Waals surface area contributed by atoms with Crippen molar-refractivity contribution in [3.05, 3.63) is 17.6 Å². The van der Waals surface area contributed by atoms with Gasteiger partial charge in [-0.2, -0.15) is 4.31 Å². The van der Waals surface area contributed by atoms with Gasteiger partial charge < -0.3 is 4.42 Å². The molecular weight excluding hydrogens is 286 g/mol. The van der Waals surface area contributed by atoms with E-state index in [1.165, 1.54) is 0 Å². The van der Waals surface area contributed by atoms with Gasteiger partial charge >= 0.3 is 0 Å². The fourth-order valence-corrected chi connectivity index (χ4v) is 4.27. The summed E-state index contributed by atoms with van der Waals surface area (Å²) in [6.07, 6.45) is 2.92. The molecule has 6 heteroatoms. The van der Waals surface area contributed by atoms with Crippen LogP contribution in [0, 0.1) is 12.8 Å². The van der Waals surface area contributed by atoms with Gasteiger partial charge in [-0.05, 0) is 32.1 Å². The number of alkyl halides is 1. The van der Waals surface area contributed by atoms with E-state index >= 15 is 0 Å². The van der Waals surface area contributed by atoms with E-state index in [0.29, 0.717) is 30.5 Å². The van der Waals surface area contributed by atoms with Crippen molar-refractivity contribution >= 4 is 21.6 Å². The smallest absolute Gasteiger partial charge is 0.246 e. The van der Waals surface area contributed by atoms with E-state index in [1.807, 2.05) is 0 Å². The second-order valence-corrected chi connectivity index (χ2v) is 7.38. The lowest BCUT2D eigenvalue weighted by molar-refractivity contribution is 0.414. The molecule has 0 saturated carbocycles. The molecule has 0 aromatic carbocycles. The quantitative estimate of drug-likeness (QED) is 0.806. The van der Waals surface area contributed by atoms with Gasteiger partial charge in [0.2, 0.25) is 10.0 Å². The molecule has 4 nitrogen and oxygen atoms in total. The summed E-state index contributed by atoms with van der Waals surface area (Å²) in [4.78, 5) is 0.262. The van der Waals surface area contributed by atoms with E-state index in [9.17, 15) is 8.42 Å². The minimum absolute atomic E-state index is 0.188. The fourth-order valence-electron chi connectivity index (χ4n) is 2.46. The molecule has 0 N–H and O–H groups in total. The van der Waals surface area contributed by atoms with Gasteiger partial charge in [0.25, 0.3) is 0 Å². The van der Waals surface area contributed by atoms with Gasteiger partial charge in [0.05, 0.1) is 5.88 Å². The third kappa shape index (κ3) is 3.15. The van der Waals surface area contributed by atoms with Gasteiger partial charge in [-0.15, -0.1) is 11.6 Å². The van der Waals surface area contributed by atoms with E-state index in [-0.39, 0.29) is 10.8 Å². The van der Waals surface area contributed by atoms with Crippen molar-refractivity contribution in [3.63, 3.8) is 0 Å². The van der Waals surface area contributed by atoms with Gasteiger partial charge in [0.15, 0.2) is 0 Å². The molecule has 108 valence electrons. The first-order valence-corrected chi connectivity index (χ1v) is 8.58. The molecule has 2 heterocycles. The maximum absolute atomic E-state index is 12.6. The van der Waals surface area contributed by atoms with Crippen LogP contribution in [0.3, 0.4) is 0 Å². The molecule has 1 saturated heterocycles. The van der Waals surface area contributed by atoms with Crippen LogP contribution in [0.1, 0.15) is 37.7 Å². The minimum atomic E-state index is -3.45. The van der Waals surface area contributed by atoms with E-state index < -0.39 is 10.0 Å². The minimum Gasteiger partial charge on any atom is -0.464 e. The lowest BCUT2D eigenvalue weighted by Crippen LogP contribution is -2.32. The van der Waals surface area contributed by atoms with E-state index in [0.717, 1.165) is 19.3 Å². The normalized spacial score (nSPS) is 22.4. The molecule has 1 fully saturated rings. The highest BCUT2D eigenvalue weighted by molar-refractivity contribution is 7.89. The monoisotopic (exact) mass is 305 g/mol. The lowest BCUT2D eigenvalue weighted by atomic mass is 10.0. The number of nitrogens with zero attached hydrogens (tertiary/aromatic N) is 1. The molecule has 2 rings (SSSR count). The molecule has 1 aliphatic heterocycles. The zero-order valence-corrected chi connectivity index (χ0v) is 12.9. The summed E-state index contributed by atoms with van der Waals surface area (Å²) >= 11 is 5.69. The number of hydrogen-bond acceptors (Lipinski definition) is 3. The molecule has 0 amide bonds. The van der Waals surface area contributed by atoms with Gasteiger partial charge in [0, 0.05) is 19.2 Å². The predicted molar refractivity (Wildman–Crippen MR) is 74.8 cm³/mol. The highest BCUT2D eigenvalue weighted by Gasteiger charge is 2.30. The molecule has 1 aliphatic rings. The first-order chi connectivity index (χ1) is 8.95. The summed E-state index contributed by atoms with van der Waals surface area (Å²) in [5, 5.41) is 0. The Hall–Kier alpha value is -0.520. The van der Waals surface area contributed by atoms with Crippen molar-refractivity contribution in [3.8, 4) is 0 Å². The first kappa shape index (κ1) is 14.9. The number of halogens is 1. The van der Waals surface area contributed by atoms with Crippen molar-refractivity contribution < 1.29 is 12.8 Å². The molecule has 1 unspecified atom stereocenters. The molecule has 1 aromatic heterocycles. The Balaban J connectivity index is 2.28. The third-order valence-electron chi connectivity index (χ3n) is 3.65. The average Bonchev–Trinajstić information content (AvgIpc) is 2.60. The maximum atomic E-state index is 12.6. The van der Waals surface area contributed by atoms with Crippen LogP contribution in [-0.4, -0.2) is 25.8 Å². The van der Waals surface area contributed by atoms with Crippen LogP contribution in [0.5, 0.6) is 0 Å². The second-order valence-electron chi connectivity index (χ2n) is 5.21. The molecule has 19 heavy (non-hydrogen) atoms. The molecule has 1 aromatic rings. The number of rotatable bonds is 3. The Labute approximate surface area is 119 Å². The summed E-state index contributed by atoms with van der Waals surface area (Å²) in [6, 6.07) is 1.55. The van der Waals surface area contributed by atoms with Crippen molar-refractivity contribution in [2.24, 2.45) is 5.92 Å². The summed E-state index contributed by atoms with van der Waals surface area (Å²) in [5.41, 5.74) is 0. The van der Waals surface area contributed by atoms with Crippen molar-refractivity contribution in [2.45, 2.75) is 43.9 Å². The third-order valence-corrected chi connectivity index (χ3v) is 5.92. The molecule has 0 radical (unpaired) electrons. The Kier molecular flexibility index (Phi) is 4.58. The van der Waals surface area contributed by atoms with Gasteiger partial charge in [0.1, 0.15) is 16.4 Å². The van der Waals surface area contributed by atoms with Crippen LogP contribution in [0.2, 0.25) is 0 Å². The van der Waals surface area contributed by atoms with Crippen LogP contribution >= 0.6 is 11.6 Å². The van der Waals surface area contributed by atoms with Crippen molar-refractivity contribution in [1.29, 1.82) is 0 Å². The molecule has 1 atom stereocenters. The standard InChI is InChI=1S/C13H20ClNO3S/c1-10-4-3-6-15(7-5-10)19(16,17)13-8-12(9-14)18-11(13)2/h8,10H,3-7,9H2,1-2H3. The van der Waals surface area contributed by atoms with Crippen LogP contribution in [0.25, 0.3) is 0 Å². The Bertz CT molecular complexity index is 538. The Morgan fingerprint density at radius 1 is 1.42 bits per heavy atom. The maximum Gasteiger partial charge on any atom is 0.246 e. The summed E-state index contributed by atoms with van der Waals surface area (Å²) < 4.78 is 32.2. The van der Waals surface area contributed by atoms with Crippen LogP contribution in [-0.2, 0) is 15.9 Å². The summed E-state index contributed by atoms with van der Waals surface area (Å²) in [5.74, 6) is 1.70. The Morgan fingerprint density at radius 2 is 2.16 bits per heavy atom. The number of hydrogen-bond donors (Lipinski definition) is 0. The molecule has 0 spiro atoms. The van der Waals surface area contributed by atoms with Crippen molar-refractivity contribution in [2.75, 3.05) is 13.1 Å². The lowest BCUT2D eigenvalue weighted by Gasteiger charge is -2.19. The number of sulfonamides is 1. The highest BCUT2D eigenvalue weighted by Crippen LogP contribution is 2.27. The molecule has 0 aliphatic carbocycles. The van der Waals surface area contributed by atoms with E-state index in [4.69, 9.17) is 16.0 Å². The Morgan fingerprint density at radius 3 is 2.79 bits per heavy atom. The topological polar surface area (TPSA) is 50.5 Å². The zero-order chi connectivity index (χ0) is 14.0. The van der Waals surface area contributed by atoms with E-state index in [1.54, 1.807) is 17.3 Å². The fraction of sp³-hybridized carbons (Fsp3) is 0.692. The van der Waals surface area contributed by atoms with Crippen LogP contribution in [0.15, 0.2) is 15.4 Å². The van der Waals surface area contributed by atoms with Gasteiger partial charge in [-0.1, -0.05) is 6.92 Å². The summed E-state index contributed by atoms with van der Waals surface area (Å²) in [6.45, 7) is 5.02. The van der Waals surface area contributed by atoms with Crippen molar-refractivity contribution in [1.82, 2.24) is 4.31 Å². The second kappa shape index (κ2) is 5.85. The largest absolute Gasteiger partial charge is 0.464 e. The first-order valence-electron chi connectivity index (χ1n) is 6.60. The van der Waals surface area contributed by atoms with Crippen LogP contribution in [0.4, 0.5) is 0 Å². The van der Waals surface area contributed by atoms with Gasteiger partial charge in [-0.3, -0.25) is 0 Å². The number of aryl methyl sites for hydroxylation is 1. The highest BCUT2D eigenvalue weighted by atomic mass is 35.5. The van der Waals surface area contributed by atoms with Gasteiger partial charge in [-0.25, -0.2) is 8.42 Å². The van der Waals surface area contributed by atoms with Crippen LogP contribution < -0.4 is 0 Å². The average molecular weight is 306 g/mol.